The Balaban J connectivity index is 1.86. The molecule has 0 unspecified atom stereocenters. The number of hydrogen-bond acceptors (Lipinski definition) is 1. The number of carbonyl (C=O) groups excluding carboxylic acids is 1. The predicted octanol–water partition coefficient (Wildman–Crippen LogP) is 3.15. The van der Waals surface area contributed by atoms with Crippen LogP contribution in [0.1, 0.15) is 38.2 Å². The molecule has 1 aromatic rings. The molecular formula is C15H19NO. The van der Waals surface area contributed by atoms with Crippen molar-refractivity contribution in [2.24, 2.45) is 5.92 Å². The molecule has 0 aromatic heterocycles. The van der Waals surface area contributed by atoms with Gasteiger partial charge >= 0.3 is 0 Å². The van der Waals surface area contributed by atoms with Crippen LogP contribution in [0.15, 0.2) is 24.3 Å². The molecule has 1 saturated carbocycles. The normalized spacial score (nSPS) is 28.3. The molecule has 90 valence electrons. The lowest BCUT2D eigenvalue weighted by Gasteiger charge is -2.34. The number of para-hydroxylation sites is 1. The van der Waals surface area contributed by atoms with Crippen molar-refractivity contribution in [3.05, 3.63) is 29.8 Å². The van der Waals surface area contributed by atoms with E-state index in [-0.39, 0.29) is 0 Å². The Morgan fingerprint density at radius 3 is 2.59 bits per heavy atom. The first-order valence-electron chi connectivity index (χ1n) is 6.65. The highest BCUT2D eigenvalue weighted by Crippen LogP contribution is 2.36. The van der Waals surface area contributed by atoms with Crippen LogP contribution in [-0.4, -0.2) is 11.9 Å². The third kappa shape index (κ3) is 1.86. The quantitative estimate of drug-likeness (QED) is 0.724. The van der Waals surface area contributed by atoms with Crippen molar-refractivity contribution in [3.8, 4) is 0 Å². The molecule has 1 heterocycles. The van der Waals surface area contributed by atoms with Gasteiger partial charge in [-0.05, 0) is 43.2 Å². The van der Waals surface area contributed by atoms with Gasteiger partial charge in [-0.2, -0.15) is 0 Å². The molecule has 3 rings (SSSR count). The van der Waals surface area contributed by atoms with Gasteiger partial charge in [0.15, 0.2) is 0 Å². The standard InChI is InChI=1S/C15H19NO/c1-11-6-8-13(9-7-11)16-14-5-3-2-4-12(14)10-15(16)17/h2-5,11,13H,6-10H2,1H3. The number of nitrogens with zero attached hydrogens (tertiary/aromatic N) is 1. The fourth-order valence-corrected chi connectivity index (χ4v) is 3.18. The van der Waals surface area contributed by atoms with Gasteiger partial charge in [-0.3, -0.25) is 4.79 Å². The molecule has 1 aliphatic heterocycles. The molecule has 2 aliphatic rings. The summed E-state index contributed by atoms with van der Waals surface area (Å²) in [6, 6.07) is 8.69. The van der Waals surface area contributed by atoms with Crippen LogP contribution < -0.4 is 4.90 Å². The number of anilines is 1. The molecule has 0 spiro atoms. The Kier molecular flexibility index (Phi) is 2.65. The van der Waals surface area contributed by atoms with Crippen molar-refractivity contribution in [1.82, 2.24) is 0 Å². The zero-order chi connectivity index (χ0) is 11.8. The summed E-state index contributed by atoms with van der Waals surface area (Å²) in [5.41, 5.74) is 2.37. The van der Waals surface area contributed by atoms with E-state index >= 15 is 0 Å². The molecule has 0 saturated heterocycles. The fourth-order valence-electron chi connectivity index (χ4n) is 3.18. The van der Waals surface area contributed by atoms with Crippen molar-refractivity contribution < 1.29 is 4.79 Å². The van der Waals surface area contributed by atoms with Crippen molar-refractivity contribution in [1.29, 1.82) is 0 Å². The van der Waals surface area contributed by atoms with E-state index in [1.807, 2.05) is 12.1 Å². The maximum atomic E-state index is 12.1. The second kappa shape index (κ2) is 4.17. The lowest BCUT2D eigenvalue weighted by molar-refractivity contribution is -0.118. The summed E-state index contributed by atoms with van der Waals surface area (Å²) < 4.78 is 0. The van der Waals surface area contributed by atoms with Crippen LogP contribution in [0.3, 0.4) is 0 Å². The fraction of sp³-hybridized carbons (Fsp3) is 0.533. The molecule has 0 N–H and O–H groups in total. The van der Waals surface area contributed by atoms with Crippen molar-refractivity contribution >= 4 is 11.6 Å². The minimum absolute atomic E-state index is 0.297. The first-order chi connectivity index (χ1) is 8.25. The van der Waals surface area contributed by atoms with Crippen molar-refractivity contribution in [2.45, 2.75) is 45.1 Å². The van der Waals surface area contributed by atoms with Crippen LogP contribution in [0.25, 0.3) is 0 Å². The number of fused-ring (bicyclic) bond motifs is 1. The summed E-state index contributed by atoms with van der Waals surface area (Å²) >= 11 is 0. The lowest BCUT2D eigenvalue weighted by Crippen LogP contribution is -2.40. The zero-order valence-electron chi connectivity index (χ0n) is 10.4. The van der Waals surface area contributed by atoms with E-state index in [1.165, 1.54) is 31.2 Å². The first kappa shape index (κ1) is 10.8. The molecule has 1 aliphatic carbocycles. The Bertz CT molecular complexity index is 432. The van der Waals surface area contributed by atoms with E-state index in [4.69, 9.17) is 0 Å². The van der Waals surface area contributed by atoms with Gasteiger partial charge in [0.25, 0.3) is 0 Å². The predicted molar refractivity (Wildman–Crippen MR) is 69.1 cm³/mol. The minimum Gasteiger partial charge on any atom is -0.309 e. The highest BCUT2D eigenvalue weighted by molar-refractivity contribution is 6.01. The van der Waals surface area contributed by atoms with E-state index in [1.54, 1.807) is 0 Å². The van der Waals surface area contributed by atoms with Crippen LogP contribution in [0, 0.1) is 5.92 Å². The summed E-state index contributed by atoms with van der Waals surface area (Å²) in [5.74, 6) is 1.13. The Hall–Kier alpha value is -1.31. The number of benzene rings is 1. The average molecular weight is 229 g/mol. The molecule has 1 amide bonds. The van der Waals surface area contributed by atoms with Crippen LogP contribution >= 0.6 is 0 Å². The molecule has 0 atom stereocenters. The van der Waals surface area contributed by atoms with Gasteiger partial charge in [-0.1, -0.05) is 25.1 Å². The highest BCUT2D eigenvalue weighted by atomic mass is 16.2. The van der Waals surface area contributed by atoms with Gasteiger partial charge in [-0.25, -0.2) is 0 Å². The number of carbonyl (C=O) groups is 1. The van der Waals surface area contributed by atoms with Crippen LogP contribution in [0.4, 0.5) is 5.69 Å². The molecule has 0 bridgehead atoms. The Morgan fingerprint density at radius 2 is 1.82 bits per heavy atom. The van der Waals surface area contributed by atoms with E-state index < -0.39 is 0 Å². The van der Waals surface area contributed by atoms with E-state index in [0.29, 0.717) is 18.4 Å². The number of hydrogen-bond donors (Lipinski definition) is 0. The largest absolute Gasteiger partial charge is 0.309 e. The maximum absolute atomic E-state index is 12.1. The van der Waals surface area contributed by atoms with Crippen LogP contribution in [0.5, 0.6) is 0 Å². The molecule has 17 heavy (non-hydrogen) atoms. The van der Waals surface area contributed by atoms with E-state index in [0.717, 1.165) is 11.6 Å². The van der Waals surface area contributed by atoms with Gasteiger partial charge in [0.1, 0.15) is 0 Å². The molecular weight excluding hydrogens is 210 g/mol. The SMILES string of the molecule is CC1CCC(N2C(=O)Cc3ccccc32)CC1. The van der Waals surface area contributed by atoms with E-state index in [9.17, 15) is 4.79 Å². The average Bonchev–Trinajstić information content (AvgIpc) is 2.66. The second-order valence-electron chi connectivity index (χ2n) is 5.48. The molecule has 1 fully saturated rings. The van der Waals surface area contributed by atoms with E-state index in [2.05, 4.69) is 24.0 Å². The second-order valence-corrected chi connectivity index (χ2v) is 5.48. The molecule has 0 radical (unpaired) electrons. The monoisotopic (exact) mass is 229 g/mol. The van der Waals surface area contributed by atoms with Crippen LogP contribution in [0.2, 0.25) is 0 Å². The molecule has 1 aromatic carbocycles. The molecule has 2 heteroatoms. The topological polar surface area (TPSA) is 20.3 Å². The van der Waals surface area contributed by atoms with Gasteiger partial charge in [0, 0.05) is 11.7 Å². The lowest BCUT2D eigenvalue weighted by atomic mass is 9.86. The van der Waals surface area contributed by atoms with Gasteiger partial charge < -0.3 is 4.90 Å². The van der Waals surface area contributed by atoms with Gasteiger partial charge in [-0.15, -0.1) is 0 Å². The van der Waals surface area contributed by atoms with Gasteiger partial charge in [0.05, 0.1) is 6.42 Å². The third-order valence-electron chi connectivity index (χ3n) is 4.21. The van der Waals surface area contributed by atoms with Crippen molar-refractivity contribution in [3.63, 3.8) is 0 Å². The summed E-state index contributed by atoms with van der Waals surface area (Å²) in [6.45, 7) is 2.32. The summed E-state index contributed by atoms with van der Waals surface area (Å²) in [6.07, 6.45) is 5.46. The third-order valence-corrected chi connectivity index (χ3v) is 4.21. The Morgan fingerprint density at radius 1 is 1.12 bits per heavy atom. The smallest absolute Gasteiger partial charge is 0.231 e. The maximum Gasteiger partial charge on any atom is 0.231 e. The first-order valence-corrected chi connectivity index (χ1v) is 6.65. The summed E-state index contributed by atoms with van der Waals surface area (Å²) in [4.78, 5) is 14.2. The number of amides is 1. The number of rotatable bonds is 1. The van der Waals surface area contributed by atoms with Gasteiger partial charge in [0.2, 0.25) is 5.91 Å². The van der Waals surface area contributed by atoms with Crippen molar-refractivity contribution in [2.75, 3.05) is 4.90 Å². The summed E-state index contributed by atoms with van der Waals surface area (Å²) in [7, 11) is 0. The highest BCUT2D eigenvalue weighted by Gasteiger charge is 2.34. The summed E-state index contributed by atoms with van der Waals surface area (Å²) in [5, 5.41) is 0. The minimum atomic E-state index is 0.297. The Labute approximate surface area is 103 Å². The molecule has 2 nitrogen and oxygen atoms in total. The van der Waals surface area contributed by atoms with Crippen LogP contribution in [-0.2, 0) is 11.2 Å². The zero-order valence-corrected chi connectivity index (χ0v) is 10.4.